The molecule has 0 amide bonds. The van der Waals surface area contributed by atoms with Gasteiger partial charge in [0, 0.05) is 17.1 Å². The summed E-state index contributed by atoms with van der Waals surface area (Å²) in [6.45, 7) is 8.52. The highest BCUT2D eigenvalue weighted by atomic mass is 16.4. The van der Waals surface area contributed by atoms with E-state index < -0.39 is 5.97 Å². The van der Waals surface area contributed by atoms with Gasteiger partial charge in [0.2, 0.25) is 0 Å². The second kappa shape index (κ2) is 8.35. The van der Waals surface area contributed by atoms with E-state index in [1.807, 2.05) is 12.1 Å². The van der Waals surface area contributed by atoms with Crippen LogP contribution in [0.5, 0.6) is 0 Å². The van der Waals surface area contributed by atoms with Crippen LogP contribution in [-0.4, -0.2) is 11.1 Å². The highest BCUT2D eigenvalue weighted by Gasteiger charge is 2.16. The number of carboxylic acids is 1. The number of anilines is 3. The molecule has 168 valence electrons. The highest BCUT2D eigenvalue weighted by molar-refractivity contribution is 5.96. The summed E-state index contributed by atoms with van der Waals surface area (Å²) in [6.07, 6.45) is 0. The largest absolute Gasteiger partial charge is 0.478 e. The minimum absolute atomic E-state index is 0.277. The Morgan fingerprint density at radius 1 is 0.588 bits per heavy atom. The molecule has 34 heavy (non-hydrogen) atoms. The van der Waals surface area contributed by atoms with E-state index in [-0.39, 0.29) is 5.56 Å². The quantitative estimate of drug-likeness (QED) is 0.302. The first-order chi connectivity index (χ1) is 16.3. The molecule has 5 aromatic rings. The van der Waals surface area contributed by atoms with Gasteiger partial charge in [-0.3, -0.25) is 0 Å². The summed E-state index contributed by atoms with van der Waals surface area (Å²) >= 11 is 0. The highest BCUT2D eigenvalue weighted by Crippen LogP contribution is 2.39. The van der Waals surface area contributed by atoms with Crippen molar-refractivity contribution < 1.29 is 9.90 Å². The Morgan fingerprint density at radius 3 is 1.50 bits per heavy atom. The van der Waals surface area contributed by atoms with Crippen LogP contribution in [0.1, 0.15) is 32.6 Å². The van der Waals surface area contributed by atoms with E-state index in [1.165, 1.54) is 43.8 Å². The minimum atomic E-state index is -0.924. The molecule has 0 heterocycles. The van der Waals surface area contributed by atoms with Gasteiger partial charge in [-0.05, 0) is 109 Å². The van der Waals surface area contributed by atoms with Gasteiger partial charge in [-0.15, -0.1) is 0 Å². The molecule has 0 atom stereocenters. The van der Waals surface area contributed by atoms with Crippen molar-refractivity contribution in [1.29, 1.82) is 0 Å². The van der Waals surface area contributed by atoms with Gasteiger partial charge in [-0.25, -0.2) is 4.79 Å². The average molecular weight is 446 g/mol. The number of benzene rings is 5. The van der Waals surface area contributed by atoms with Gasteiger partial charge in [-0.2, -0.15) is 0 Å². The van der Waals surface area contributed by atoms with Gasteiger partial charge in [0.05, 0.1) is 5.56 Å². The SMILES string of the molecule is Cc1ccc2cc(N(c3ccc(C(=O)O)cc3)c3cc(C)c4cc(C)ccc4c3)cc(C)c2c1. The molecule has 0 radical (unpaired) electrons. The number of hydrogen-bond donors (Lipinski definition) is 1. The first-order valence-electron chi connectivity index (χ1n) is 11.5. The van der Waals surface area contributed by atoms with Crippen molar-refractivity contribution >= 4 is 44.6 Å². The topological polar surface area (TPSA) is 40.5 Å². The first kappa shape index (κ1) is 21.7. The van der Waals surface area contributed by atoms with Crippen molar-refractivity contribution in [3.05, 3.63) is 113 Å². The number of fused-ring (bicyclic) bond motifs is 2. The number of rotatable bonds is 4. The maximum absolute atomic E-state index is 11.4. The van der Waals surface area contributed by atoms with Crippen LogP contribution in [0.2, 0.25) is 0 Å². The molecule has 0 aliphatic carbocycles. The van der Waals surface area contributed by atoms with Gasteiger partial charge in [-0.1, -0.05) is 47.5 Å². The van der Waals surface area contributed by atoms with Crippen LogP contribution in [0, 0.1) is 27.7 Å². The Labute approximate surface area is 199 Å². The molecule has 3 nitrogen and oxygen atoms in total. The van der Waals surface area contributed by atoms with Crippen LogP contribution in [0.3, 0.4) is 0 Å². The zero-order valence-corrected chi connectivity index (χ0v) is 19.9. The summed E-state index contributed by atoms with van der Waals surface area (Å²) in [5.74, 6) is -0.924. The van der Waals surface area contributed by atoms with Gasteiger partial charge in [0.25, 0.3) is 0 Å². The van der Waals surface area contributed by atoms with E-state index in [2.05, 4.69) is 93.3 Å². The average Bonchev–Trinajstić information content (AvgIpc) is 2.81. The number of hydrogen-bond acceptors (Lipinski definition) is 2. The summed E-state index contributed by atoms with van der Waals surface area (Å²) in [4.78, 5) is 13.7. The van der Waals surface area contributed by atoms with Crippen LogP contribution in [-0.2, 0) is 0 Å². The smallest absolute Gasteiger partial charge is 0.335 e. The molecular formula is C31H27NO2. The van der Waals surface area contributed by atoms with Crippen LogP contribution < -0.4 is 4.90 Å². The Hall–Kier alpha value is -4.11. The van der Waals surface area contributed by atoms with Crippen LogP contribution in [0.4, 0.5) is 17.1 Å². The lowest BCUT2D eigenvalue weighted by molar-refractivity contribution is 0.0697. The monoisotopic (exact) mass is 445 g/mol. The fourth-order valence-corrected chi connectivity index (χ4v) is 4.73. The Kier molecular flexibility index (Phi) is 5.33. The predicted molar refractivity (Wildman–Crippen MR) is 142 cm³/mol. The Balaban J connectivity index is 1.75. The summed E-state index contributed by atoms with van der Waals surface area (Å²) in [6, 6.07) is 29.0. The fourth-order valence-electron chi connectivity index (χ4n) is 4.73. The summed E-state index contributed by atoms with van der Waals surface area (Å²) in [5.41, 5.74) is 8.18. The van der Waals surface area contributed by atoms with Crippen molar-refractivity contribution in [1.82, 2.24) is 0 Å². The molecule has 1 N–H and O–H groups in total. The third-order valence-electron chi connectivity index (χ3n) is 6.49. The summed E-state index contributed by atoms with van der Waals surface area (Å²) in [5, 5.41) is 14.2. The van der Waals surface area contributed by atoms with Gasteiger partial charge < -0.3 is 10.0 Å². The minimum Gasteiger partial charge on any atom is -0.478 e. The van der Waals surface area contributed by atoms with Gasteiger partial charge in [0.15, 0.2) is 0 Å². The van der Waals surface area contributed by atoms with E-state index in [0.717, 1.165) is 17.1 Å². The van der Waals surface area contributed by atoms with E-state index >= 15 is 0 Å². The molecule has 0 spiro atoms. The predicted octanol–water partition coefficient (Wildman–Crippen LogP) is 8.39. The number of nitrogens with zero attached hydrogens (tertiary/aromatic N) is 1. The fraction of sp³-hybridized carbons (Fsp3) is 0.129. The first-order valence-corrected chi connectivity index (χ1v) is 11.5. The molecule has 0 aliphatic rings. The second-order valence-electron chi connectivity index (χ2n) is 9.16. The maximum Gasteiger partial charge on any atom is 0.335 e. The van der Waals surface area contributed by atoms with E-state index in [1.54, 1.807) is 12.1 Å². The molecule has 0 aromatic heterocycles. The molecule has 3 heteroatoms. The maximum atomic E-state index is 11.4. The Bertz CT molecular complexity index is 1470. The lowest BCUT2D eigenvalue weighted by Gasteiger charge is -2.27. The standard InChI is InChI=1S/C31H27NO2/c1-19-5-7-24-17-27(15-21(3)29(24)13-19)32(26-11-9-23(10-12-26)31(33)34)28-16-22(4)30-14-20(2)6-8-25(30)18-28/h5-18H,1-4H3,(H,33,34). The number of aromatic carboxylic acids is 1. The molecule has 5 rings (SSSR count). The normalized spacial score (nSPS) is 11.2. The Morgan fingerprint density at radius 2 is 1.06 bits per heavy atom. The van der Waals surface area contributed by atoms with Crippen molar-refractivity contribution in [2.24, 2.45) is 0 Å². The van der Waals surface area contributed by atoms with Crippen LogP contribution in [0.15, 0.2) is 84.9 Å². The zero-order valence-electron chi connectivity index (χ0n) is 19.9. The van der Waals surface area contributed by atoms with Gasteiger partial charge in [0.1, 0.15) is 0 Å². The lowest BCUT2D eigenvalue weighted by atomic mass is 9.99. The summed E-state index contributed by atoms with van der Waals surface area (Å²) in [7, 11) is 0. The molecule has 0 fully saturated rings. The molecule has 0 unspecified atom stereocenters. The number of aryl methyl sites for hydroxylation is 4. The van der Waals surface area contributed by atoms with Crippen LogP contribution in [0.25, 0.3) is 21.5 Å². The molecule has 0 aliphatic heterocycles. The van der Waals surface area contributed by atoms with Crippen molar-refractivity contribution in [2.75, 3.05) is 4.90 Å². The molecule has 0 saturated carbocycles. The van der Waals surface area contributed by atoms with E-state index in [0.29, 0.717) is 0 Å². The zero-order chi connectivity index (χ0) is 24.0. The van der Waals surface area contributed by atoms with Crippen molar-refractivity contribution in [2.45, 2.75) is 27.7 Å². The second-order valence-corrected chi connectivity index (χ2v) is 9.16. The van der Waals surface area contributed by atoms with Crippen LogP contribution >= 0.6 is 0 Å². The van der Waals surface area contributed by atoms with E-state index in [9.17, 15) is 9.90 Å². The number of carboxylic acid groups (broad SMARTS) is 1. The molecule has 5 aromatic carbocycles. The van der Waals surface area contributed by atoms with Crippen molar-refractivity contribution in [3.63, 3.8) is 0 Å². The number of carbonyl (C=O) groups is 1. The van der Waals surface area contributed by atoms with Crippen molar-refractivity contribution in [3.8, 4) is 0 Å². The molecular weight excluding hydrogens is 418 g/mol. The third-order valence-corrected chi connectivity index (χ3v) is 6.49. The summed E-state index contributed by atoms with van der Waals surface area (Å²) < 4.78 is 0. The molecule has 0 bridgehead atoms. The van der Waals surface area contributed by atoms with E-state index in [4.69, 9.17) is 0 Å². The lowest BCUT2D eigenvalue weighted by Crippen LogP contribution is -2.11. The van der Waals surface area contributed by atoms with Gasteiger partial charge >= 0.3 is 5.97 Å². The third kappa shape index (κ3) is 3.90. The molecule has 0 saturated heterocycles.